The number of nitrogens with zero attached hydrogens (tertiary/aromatic N) is 2. The van der Waals surface area contributed by atoms with Crippen LogP contribution in [0.3, 0.4) is 0 Å². The molecule has 0 aliphatic carbocycles. The topological polar surface area (TPSA) is 68.0 Å². The van der Waals surface area contributed by atoms with Gasteiger partial charge in [0, 0.05) is 0 Å². The largest absolute Gasteiger partial charge is 0.328 e. The zero-order valence-electron chi connectivity index (χ0n) is 9.05. The van der Waals surface area contributed by atoms with Crippen LogP contribution in [0.5, 0.6) is 0 Å². The summed E-state index contributed by atoms with van der Waals surface area (Å²) in [6.07, 6.45) is 0. The minimum atomic E-state index is -0.789. The van der Waals surface area contributed by atoms with Crippen LogP contribution in [0.25, 0.3) is 0 Å². The second-order valence-electron chi connectivity index (χ2n) is 3.41. The fraction of sp³-hybridized carbons (Fsp3) is 0.182. The van der Waals surface area contributed by atoms with Gasteiger partial charge >= 0.3 is 6.01 Å². The molecule has 0 spiro atoms. The molecule has 1 aromatic carbocycles. The molecule has 0 saturated heterocycles. The summed E-state index contributed by atoms with van der Waals surface area (Å²) in [4.78, 5) is 15.6. The lowest BCUT2D eigenvalue weighted by Gasteiger charge is -2.07. The molecule has 17 heavy (non-hydrogen) atoms. The van der Waals surface area contributed by atoms with E-state index in [1.165, 1.54) is 0 Å². The van der Waals surface area contributed by atoms with Gasteiger partial charge in [0.05, 0.1) is 0 Å². The van der Waals surface area contributed by atoms with Crippen molar-refractivity contribution >= 4 is 23.5 Å². The Labute approximate surface area is 103 Å². The van der Waals surface area contributed by atoms with Gasteiger partial charge in [0.15, 0.2) is 5.82 Å². The van der Waals surface area contributed by atoms with Crippen molar-refractivity contribution in [1.29, 1.82) is 0 Å². The first-order valence-electron chi connectivity index (χ1n) is 4.97. The average Bonchev–Trinajstić information content (AvgIpc) is 2.75. The molecular formula is C11H10ClN3O2. The van der Waals surface area contributed by atoms with Gasteiger partial charge in [0.2, 0.25) is 0 Å². The molecule has 0 aliphatic heterocycles. The minimum absolute atomic E-state index is 0.0501. The summed E-state index contributed by atoms with van der Waals surface area (Å²) in [5.41, 5.74) is 0.711. The van der Waals surface area contributed by atoms with Crippen molar-refractivity contribution in [1.82, 2.24) is 10.1 Å². The fourth-order valence-corrected chi connectivity index (χ4v) is 1.49. The molecule has 1 aromatic heterocycles. The Kier molecular flexibility index (Phi) is 3.39. The van der Waals surface area contributed by atoms with E-state index in [4.69, 9.17) is 16.1 Å². The molecule has 6 heteroatoms. The highest BCUT2D eigenvalue weighted by Crippen LogP contribution is 2.21. The number of nitrogens with one attached hydrogen (secondary N) is 1. The fourth-order valence-electron chi connectivity index (χ4n) is 1.29. The smallest absolute Gasteiger partial charge is 0.315 e. The highest BCUT2D eigenvalue weighted by Gasteiger charge is 2.19. The van der Waals surface area contributed by atoms with Gasteiger partial charge in [-0.3, -0.25) is 10.1 Å². The standard InChI is InChI=1S/C11H10ClN3O2/c1-7-13-11(17-15-7)14-10(16)9(12)8-5-3-2-4-6-8/h2-6,9H,1H3,(H,13,14,15,16). The predicted molar refractivity (Wildman–Crippen MR) is 62.7 cm³/mol. The zero-order chi connectivity index (χ0) is 12.3. The Balaban J connectivity index is 2.06. The number of amides is 1. The monoisotopic (exact) mass is 251 g/mol. The van der Waals surface area contributed by atoms with Crippen LogP contribution in [0, 0.1) is 6.92 Å². The molecule has 1 heterocycles. The van der Waals surface area contributed by atoms with Crippen molar-refractivity contribution in [3.63, 3.8) is 0 Å². The number of anilines is 1. The molecule has 0 aliphatic rings. The van der Waals surface area contributed by atoms with Crippen LogP contribution in [-0.4, -0.2) is 16.0 Å². The molecule has 2 aromatic rings. The molecule has 0 radical (unpaired) electrons. The van der Waals surface area contributed by atoms with Crippen LogP contribution < -0.4 is 5.32 Å². The quantitative estimate of drug-likeness (QED) is 0.850. The summed E-state index contributed by atoms with van der Waals surface area (Å²) < 4.78 is 4.77. The molecule has 1 amide bonds. The summed E-state index contributed by atoms with van der Waals surface area (Å²) in [6, 6.07) is 9.08. The van der Waals surface area contributed by atoms with E-state index in [9.17, 15) is 4.79 Å². The molecule has 5 nitrogen and oxygen atoms in total. The van der Waals surface area contributed by atoms with Crippen LogP contribution in [0.15, 0.2) is 34.9 Å². The maximum Gasteiger partial charge on any atom is 0.328 e. The Morgan fingerprint density at radius 3 is 2.71 bits per heavy atom. The van der Waals surface area contributed by atoms with E-state index < -0.39 is 11.3 Å². The number of benzene rings is 1. The van der Waals surface area contributed by atoms with Crippen molar-refractivity contribution in [2.75, 3.05) is 5.32 Å². The van der Waals surface area contributed by atoms with Crippen molar-refractivity contribution < 1.29 is 9.32 Å². The second kappa shape index (κ2) is 4.97. The van der Waals surface area contributed by atoms with Crippen LogP contribution in [0.4, 0.5) is 6.01 Å². The summed E-state index contributed by atoms with van der Waals surface area (Å²) in [5.74, 6) is 0.0488. The Bertz CT molecular complexity index is 512. The van der Waals surface area contributed by atoms with E-state index in [1.54, 1.807) is 19.1 Å². The normalized spacial score (nSPS) is 12.1. The van der Waals surface area contributed by atoms with Gasteiger partial charge < -0.3 is 4.52 Å². The van der Waals surface area contributed by atoms with E-state index in [2.05, 4.69) is 15.5 Å². The molecule has 0 saturated carbocycles. The van der Waals surface area contributed by atoms with E-state index >= 15 is 0 Å². The molecule has 1 unspecified atom stereocenters. The molecular weight excluding hydrogens is 242 g/mol. The number of rotatable bonds is 3. The minimum Gasteiger partial charge on any atom is -0.315 e. The number of carbonyl (C=O) groups excluding carboxylic acids is 1. The molecule has 88 valence electrons. The number of aromatic nitrogens is 2. The highest BCUT2D eigenvalue weighted by atomic mass is 35.5. The first kappa shape index (κ1) is 11.6. The number of carbonyl (C=O) groups is 1. The third-order valence-electron chi connectivity index (χ3n) is 2.08. The lowest BCUT2D eigenvalue weighted by Crippen LogP contribution is -2.17. The number of alkyl halides is 1. The van der Waals surface area contributed by atoms with Gasteiger partial charge in [-0.2, -0.15) is 4.98 Å². The summed E-state index contributed by atoms with van der Waals surface area (Å²) in [7, 11) is 0. The third kappa shape index (κ3) is 2.82. The number of halogens is 1. The molecule has 0 bridgehead atoms. The average molecular weight is 252 g/mol. The highest BCUT2D eigenvalue weighted by molar-refractivity contribution is 6.32. The molecule has 0 fully saturated rings. The number of hydrogen-bond acceptors (Lipinski definition) is 4. The van der Waals surface area contributed by atoms with Gasteiger partial charge in [-0.05, 0) is 12.5 Å². The first-order valence-corrected chi connectivity index (χ1v) is 5.40. The van der Waals surface area contributed by atoms with Crippen molar-refractivity contribution in [3.8, 4) is 0 Å². The van der Waals surface area contributed by atoms with Crippen molar-refractivity contribution in [3.05, 3.63) is 41.7 Å². The number of hydrogen-bond donors (Lipinski definition) is 1. The summed E-state index contributed by atoms with van der Waals surface area (Å²) in [5, 5.41) is 5.22. The zero-order valence-corrected chi connectivity index (χ0v) is 9.81. The van der Waals surface area contributed by atoms with Gasteiger partial charge in [-0.1, -0.05) is 35.5 Å². The van der Waals surface area contributed by atoms with Gasteiger partial charge in [0.1, 0.15) is 5.38 Å². The molecule has 1 N–H and O–H groups in total. The second-order valence-corrected chi connectivity index (χ2v) is 3.85. The molecule has 1 atom stereocenters. The lowest BCUT2D eigenvalue weighted by atomic mass is 10.1. The Hall–Kier alpha value is -1.88. The van der Waals surface area contributed by atoms with Crippen molar-refractivity contribution in [2.24, 2.45) is 0 Å². The Morgan fingerprint density at radius 1 is 1.41 bits per heavy atom. The van der Waals surface area contributed by atoms with Crippen LogP contribution in [-0.2, 0) is 4.79 Å². The van der Waals surface area contributed by atoms with Gasteiger partial charge in [-0.25, -0.2) is 0 Å². The summed E-state index contributed by atoms with van der Waals surface area (Å²) >= 11 is 6.01. The maximum absolute atomic E-state index is 11.8. The van der Waals surface area contributed by atoms with Gasteiger partial charge in [0.25, 0.3) is 5.91 Å². The van der Waals surface area contributed by atoms with E-state index in [0.29, 0.717) is 11.4 Å². The van der Waals surface area contributed by atoms with E-state index in [-0.39, 0.29) is 6.01 Å². The van der Waals surface area contributed by atoms with Crippen LogP contribution in [0.1, 0.15) is 16.8 Å². The van der Waals surface area contributed by atoms with Crippen LogP contribution in [0.2, 0.25) is 0 Å². The third-order valence-corrected chi connectivity index (χ3v) is 2.53. The first-order chi connectivity index (χ1) is 8.16. The Morgan fingerprint density at radius 2 is 2.12 bits per heavy atom. The molecule has 2 rings (SSSR count). The van der Waals surface area contributed by atoms with E-state index in [0.717, 1.165) is 0 Å². The summed E-state index contributed by atoms with van der Waals surface area (Å²) in [6.45, 7) is 1.66. The SMILES string of the molecule is Cc1noc(NC(=O)C(Cl)c2ccccc2)n1. The maximum atomic E-state index is 11.8. The van der Waals surface area contributed by atoms with Gasteiger partial charge in [-0.15, -0.1) is 11.6 Å². The number of aryl methyl sites for hydroxylation is 1. The predicted octanol–water partition coefficient (Wildman–Crippen LogP) is 2.30. The lowest BCUT2D eigenvalue weighted by molar-refractivity contribution is -0.116. The van der Waals surface area contributed by atoms with Crippen molar-refractivity contribution in [2.45, 2.75) is 12.3 Å². The van der Waals surface area contributed by atoms with E-state index in [1.807, 2.05) is 18.2 Å². The van der Waals surface area contributed by atoms with Crippen LogP contribution >= 0.6 is 11.6 Å².